The highest BCUT2D eigenvalue weighted by Crippen LogP contribution is 2.34. The summed E-state index contributed by atoms with van der Waals surface area (Å²) in [5.74, 6) is 0.737. The predicted octanol–water partition coefficient (Wildman–Crippen LogP) is 4.11. The first-order valence-electron chi connectivity index (χ1n) is 7.25. The fourth-order valence-electron chi connectivity index (χ4n) is 2.88. The first kappa shape index (κ1) is 14.0. The van der Waals surface area contributed by atoms with Crippen molar-refractivity contribution in [3.05, 3.63) is 16.1 Å². The van der Waals surface area contributed by atoms with Crippen LogP contribution in [0.3, 0.4) is 0 Å². The lowest BCUT2D eigenvalue weighted by Crippen LogP contribution is -2.19. The number of thiazole rings is 1. The number of hydrogen-bond acceptors (Lipinski definition) is 3. The zero-order valence-corrected chi connectivity index (χ0v) is 12.6. The third-order valence-corrected chi connectivity index (χ3v) is 4.91. The lowest BCUT2D eigenvalue weighted by molar-refractivity contribution is 0.337. The maximum absolute atomic E-state index is 5.67. The second-order valence-corrected chi connectivity index (χ2v) is 7.32. The summed E-state index contributed by atoms with van der Waals surface area (Å²) < 4.78 is 0. The van der Waals surface area contributed by atoms with Gasteiger partial charge < -0.3 is 5.73 Å². The molecule has 18 heavy (non-hydrogen) atoms. The molecule has 0 unspecified atom stereocenters. The van der Waals surface area contributed by atoms with Gasteiger partial charge in [0.2, 0.25) is 0 Å². The summed E-state index contributed by atoms with van der Waals surface area (Å²) in [5, 5.41) is 3.60. The minimum absolute atomic E-state index is 0.288. The lowest BCUT2D eigenvalue weighted by Gasteiger charge is -2.22. The minimum Gasteiger partial charge on any atom is -0.330 e. The van der Waals surface area contributed by atoms with Crippen molar-refractivity contribution in [3.8, 4) is 0 Å². The van der Waals surface area contributed by atoms with Crippen molar-refractivity contribution in [2.75, 3.05) is 6.54 Å². The van der Waals surface area contributed by atoms with E-state index in [0.717, 1.165) is 25.3 Å². The zero-order valence-electron chi connectivity index (χ0n) is 11.7. The molecule has 0 atom stereocenters. The minimum atomic E-state index is 0.288. The molecule has 0 aliphatic heterocycles. The predicted molar refractivity (Wildman–Crippen MR) is 79.1 cm³/mol. The van der Waals surface area contributed by atoms with Gasteiger partial charge in [-0.15, -0.1) is 11.3 Å². The van der Waals surface area contributed by atoms with Crippen molar-refractivity contribution in [2.24, 2.45) is 11.1 Å². The molecule has 1 saturated carbocycles. The van der Waals surface area contributed by atoms with E-state index in [0.29, 0.717) is 0 Å². The van der Waals surface area contributed by atoms with E-state index in [2.05, 4.69) is 19.2 Å². The Hall–Kier alpha value is -0.410. The van der Waals surface area contributed by atoms with Gasteiger partial charge in [0.25, 0.3) is 0 Å². The summed E-state index contributed by atoms with van der Waals surface area (Å²) in [6.07, 6.45) is 9.01. The molecule has 0 amide bonds. The van der Waals surface area contributed by atoms with Crippen LogP contribution in [0.15, 0.2) is 5.38 Å². The normalized spacial score (nSPS) is 18.2. The van der Waals surface area contributed by atoms with Crippen LogP contribution in [0.25, 0.3) is 0 Å². The van der Waals surface area contributed by atoms with E-state index < -0.39 is 0 Å². The average molecular weight is 266 g/mol. The van der Waals surface area contributed by atoms with Crippen molar-refractivity contribution in [1.29, 1.82) is 0 Å². The van der Waals surface area contributed by atoms with Gasteiger partial charge in [-0.05, 0) is 31.2 Å². The molecule has 1 heterocycles. The van der Waals surface area contributed by atoms with Crippen LogP contribution in [0, 0.1) is 5.41 Å². The maximum atomic E-state index is 5.67. The van der Waals surface area contributed by atoms with Gasteiger partial charge in [-0.25, -0.2) is 4.98 Å². The van der Waals surface area contributed by atoms with Gasteiger partial charge in [0, 0.05) is 17.7 Å². The molecule has 1 aromatic rings. The van der Waals surface area contributed by atoms with E-state index in [9.17, 15) is 0 Å². The van der Waals surface area contributed by atoms with Gasteiger partial charge in [-0.1, -0.05) is 33.1 Å². The molecule has 1 fully saturated rings. The van der Waals surface area contributed by atoms with E-state index >= 15 is 0 Å². The largest absolute Gasteiger partial charge is 0.330 e. The van der Waals surface area contributed by atoms with E-state index in [1.54, 1.807) is 0 Å². The Morgan fingerprint density at radius 3 is 2.72 bits per heavy atom. The Morgan fingerprint density at radius 2 is 2.06 bits per heavy atom. The molecule has 3 heteroatoms. The summed E-state index contributed by atoms with van der Waals surface area (Å²) in [5.41, 5.74) is 7.32. The topological polar surface area (TPSA) is 38.9 Å². The molecule has 0 bridgehead atoms. The van der Waals surface area contributed by atoms with Crippen LogP contribution in [-0.4, -0.2) is 11.5 Å². The van der Waals surface area contributed by atoms with Gasteiger partial charge in [0.1, 0.15) is 0 Å². The highest BCUT2D eigenvalue weighted by Gasteiger charge is 2.22. The number of rotatable bonds is 5. The summed E-state index contributed by atoms with van der Waals surface area (Å²) in [7, 11) is 0. The number of nitrogens with zero attached hydrogens (tertiary/aromatic N) is 1. The SMILES string of the molecule is CC(C)(CCN)Cc1nc(C2CCCCC2)cs1. The molecule has 0 saturated heterocycles. The average Bonchev–Trinajstić information content (AvgIpc) is 2.77. The number of aromatic nitrogens is 1. The van der Waals surface area contributed by atoms with Crippen LogP contribution in [-0.2, 0) is 6.42 Å². The fourth-order valence-corrected chi connectivity index (χ4v) is 4.01. The van der Waals surface area contributed by atoms with Crippen LogP contribution in [0.5, 0.6) is 0 Å². The Balaban J connectivity index is 1.97. The highest BCUT2D eigenvalue weighted by atomic mass is 32.1. The molecule has 1 aromatic heterocycles. The summed E-state index contributed by atoms with van der Waals surface area (Å²) >= 11 is 1.84. The van der Waals surface area contributed by atoms with E-state index in [1.807, 2.05) is 11.3 Å². The van der Waals surface area contributed by atoms with Crippen LogP contribution in [0.2, 0.25) is 0 Å². The molecule has 0 radical (unpaired) electrons. The van der Waals surface area contributed by atoms with Crippen LogP contribution in [0.4, 0.5) is 0 Å². The third kappa shape index (κ3) is 3.79. The third-order valence-electron chi connectivity index (χ3n) is 4.04. The second-order valence-electron chi connectivity index (χ2n) is 6.38. The van der Waals surface area contributed by atoms with E-state index in [1.165, 1.54) is 42.8 Å². The van der Waals surface area contributed by atoms with Crippen molar-refractivity contribution >= 4 is 11.3 Å². The van der Waals surface area contributed by atoms with Gasteiger partial charge in [0.05, 0.1) is 10.7 Å². The van der Waals surface area contributed by atoms with Crippen LogP contribution in [0.1, 0.15) is 69.0 Å². The quantitative estimate of drug-likeness (QED) is 0.871. The van der Waals surface area contributed by atoms with Crippen LogP contribution < -0.4 is 5.73 Å². The number of nitrogens with two attached hydrogens (primary N) is 1. The Labute approximate surface area is 115 Å². The molecule has 102 valence electrons. The molecule has 2 rings (SSSR count). The molecule has 1 aliphatic carbocycles. The zero-order chi connectivity index (χ0) is 13.0. The summed E-state index contributed by atoms with van der Waals surface area (Å²) in [6.45, 7) is 5.36. The molecular weight excluding hydrogens is 240 g/mol. The second kappa shape index (κ2) is 6.16. The fraction of sp³-hybridized carbons (Fsp3) is 0.800. The van der Waals surface area contributed by atoms with Crippen molar-refractivity contribution < 1.29 is 0 Å². The molecule has 0 aromatic carbocycles. The Morgan fingerprint density at radius 1 is 1.33 bits per heavy atom. The van der Waals surface area contributed by atoms with Crippen molar-refractivity contribution in [2.45, 2.75) is 64.7 Å². The molecule has 2 nitrogen and oxygen atoms in total. The standard InChI is InChI=1S/C15H26N2S/c1-15(2,8-9-16)10-14-17-13(11-18-14)12-6-4-3-5-7-12/h11-12H,3-10,16H2,1-2H3. The lowest BCUT2D eigenvalue weighted by atomic mass is 9.86. The first-order valence-corrected chi connectivity index (χ1v) is 8.13. The Bertz CT molecular complexity index is 364. The summed E-state index contributed by atoms with van der Waals surface area (Å²) in [4.78, 5) is 4.88. The number of hydrogen-bond donors (Lipinski definition) is 1. The Kier molecular flexibility index (Phi) is 4.79. The molecular formula is C15H26N2S. The van der Waals surface area contributed by atoms with Gasteiger partial charge >= 0.3 is 0 Å². The monoisotopic (exact) mass is 266 g/mol. The van der Waals surface area contributed by atoms with E-state index in [-0.39, 0.29) is 5.41 Å². The smallest absolute Gasteiger partial charge is 0.0933 e. The van der Waals surface area contributed by atoms with Gasteiger partial charge in [-0.3, -0.25) is 0 Å². The molecule has 1 aliphatic rings. The van der Waals surface area contributed by atoms with Gasteiger partial charge in [-0.2, -0.15) is 0 Å². The maximum Gasteiger partial charge on any atom is 0.0933 e. The van der Waals surface area contributed by atoms with Gasteiger partial charge in [0.15, 0.2) is 0 Å². The first-order chi connectivity index (χ1) is 8.61. The highest BCUT2D eigenvalue weighted by molar-refractivity contribution is 7.09. The molecule has 0 spiro atoms. The van der Waals surface area contributed by atoms with Crippen LogP contribution >= 0.6 is 11.3 Å². The van der Waals surface area contributed by atoms with Crippen molar-refractivity contribution in [3.63, 3.8) is 0 Å². The van der Waals surface area contributed by atoms with E-state index in [4.69, 9.17) is 10.7 Å². The van der Waals surface area contributed by atoms with Crippen molar-refractivity contribution in [1.82, 2.24) is 4.98 Å². The molecule has 2 N–H and O–H groups in total. The summed E-state index contributed by atoms with van der Waals surface area (Å²) in [6, 6.07) is 0.